The summed E-state index contributed by atoms with van der Waals surface area (Å²) < 4.78 is 35.3. The lowest BCUT2D eigenvalue weighted by molar-refractivity contribution is 0.0946. The number of ether oxygens (including phenoxy) is 1. The fourth-order valence-corrected chi connectivity index (χ4v) is 3.47. The molecule has 0 spiro atoms. The molecule has 0 fully saturated rings. The average Bonchev–Trinajstić information content (AvgIpc) is 3.05. The normalized spacial score (nSPS) is 11.1. The van der Waals surface area contributed by atoms with Crippen LogP contribution in [0, 0.1) is 25.5 Å². The van der Waals surface area contributed by atoms with Crippen LogP contribution < -0.4 is 15.8 Å². The van der Waals surface area contributed by atoms with Crippen molar-refractivity contribution in [3.05, 3.63) is 64.6 Å². The van der Waals surface area contributed by atoms with Crippen LogP contribution in [0.5, 0.6) is 5.75 Å². The van der Waals surface area contributed by atoms with Gasteiger partial charge in [0.15, 0.2) is 11.4 Å². The van der Waals surface area contributed by atoms with E-state index < -0.39 is 11.6 Å². The average molecular weight is 430 g/mol. The molecule has 2 aromatic heterocycles. The summed E-state index contributed by atoms with van der Waals surface area (Å²) in [5.41, 5.74) is 7.55. The van der Waals surface area contributed by atoms with Crippen LogP contribution in [0.2, 0.25) is 0 Å². The Bertz CT molecular complexity index is 1050. The van der Waals surface area contributed by atoms with Gasteiger partial charge < -0.3 is 15.8 Å². The maximum absolute atomic E-state index is 13.9. The highest BCUT2D eigenvalue weighted by molar-refractivity contribution is 5.95. The molecule has 3 rings (SSSR count). The molecule has 0 aliphatic heterocycles. The fraction of sp³-hybridized carbons (Fsp3) is 0.391. The van der Waals surface area contributed by atoms with Crippen molar-refractivity contribution in [1.29, 1.82) is 0 Å². The number of unbranched alkanes of at least 4 members (excludes halogenated alkanes) is 3. The van der Waals surface area contributed by atoms with Crippen LogP contribution in [0.1, 0.15) is 53.0 Å². The number of imidazole rings is 1. The molecule has 0 radical (unpaired) electrons. The van der Waals surface area contributed by atoms with Crippen molar-refractivity contribution in [2.24, 2.45) is 5.73 Å². The van der Waals surface area contributed by atoms with Gasteiger partial charge in [0.25, 0.3) is 5.91 Å². The van der Waals surface area contributed by atoms with Crippen LogP contribution in [-0.4, -0.2) is 28.4 Å². The predicted molar refractivity (Wildman–Crippen MR) is 115 cm³/mol. The number of fused-ring (bicyclic) bond motifs is 1. The standard InChI is InChI=1S/C23H28F2N4O2/c1-15-12-20(31-14-17-18(24)8-7-9-19(17)25)22-28-16(2)21(29(22)13-15)23(30)27-11-6-4-3-5-10-26/h7-9,12-13H,3-6,10-11,14,26H2,1-2H3,(H,27,30). The number of benzene rings is 1. The van der Waals surface area contributed by atoms with Gasteiger partial charge in [0.1, 0.15) is 23.9 Å². The molecule has 3 N–H and O–H groups in total. The van der Waals surface area contributed by atoms with Gasteiger partial charge in [0.05, 0.1) is 11.3 Å². The van der Waals surface area contributed by atoms with Crippen molar-refractivity contribution in [3.8, 4) is 5.75 Å². The summed E-state index contributed by atoms with van der Waals surface area (Å²) in [7, 11) is 0. The number of nitrogens with one attached hydrogen (secondary N) is 1. The number of pyridine rings is 1. The van der Waals surface area contributed by atoms with Crippen molar-refractivity contribution in [2.45, 2.75) is 46.1 Å². The molecular formula is C23H28F2N4O2. The summed E-state index contributed by atoms with van der Waals surface area (Å²) in [6.45, 7) is 4.57. The van der Waals surface area contributed by atoms with Crippen molar-refractivity contribution in [3.63, 3.8) is 0 Å². The van der Waals surface area contributed by atoms with Crippen molar-refractivity contribution < 1.29 is 18.3 Å². The Morgan fingerprint density at radius 2 is 1.87 bits per heavy atom. The lowest BCUT2D eigenvalue weighted by Crippen LogP contribution is -2.26. The lowest BCUT2D eigenvalue weighted by Gasteiger charge is -2.11. The number of rotatable bonds is 10. The molecule has 1 aromatic carbocycles. The Morgan fingerprint density at radius 3 is 2.58 bits per heavy atom. The Hall–Kier alpha value is -3.00. The summed E-state index contributed by atoms with van der Waals surface area (Å²) in [5, 5.41) is 2.94. The van der Waals surface area contributed by atoms with E-state index >= 15 is 0 Å². The second kappa shape index (κ2) is 10.3. The number of aromatic nitrogens is 2. The van der Waals surface area contributed by atoms with Gasteiger partial charge in [-0.1, -0.05) is 18.9 Å². The quantitative estimate of drug-likeness (QED) is 0.476. The SMILES string of the molecule is Cc1cc(OCc2c(F)cccc2F)c2nc(C)c(C(=O)NCCCCCCN)n2c1. The van der Waals surface area contributed by atoms with Crippen molar-refractivity contribution in [2.75, 3.05) is 13.1 Å². The Morgan fingerprint density at radius 1 is 1.16 bits per heavy atom. The first kappa shape index (κ1) is 22.7. The number of amides is 1. The fourth-order valence-electron chi connectivity index (χ4n) is 3.47. The van der Waals surface area contributed by atoms with Gasteiger partial charge in [-0.05, 0) is 57.0 Å². The van der Waals surface area contributed by atoms with Gasteiger partial charge in [0, 0.05) is 12.7 Å². The Kier molecular flexibility index (Phi) is 7.57. The minimum absolute atomic E-state index is 0.155. The molecular weight excluding hydrogens is 402 g/mol. The van der Waals surface area contributed by atoms with Crippen LogP contribution in [0.15, 0.2) is 30.5 Å². The van der Waals surface area contributed by atoms with Gasteiger partial charge >= 0.3 is 0 Å². The number of nitrogens with two attached hydrogens (primary N) is 1. The van der Waals surface area contributed by atoms with Gasteiger partial charge in [-0.2, -0.15) is 0 Å². The van der Waals surface area contributed by atoms with E-state index in [1.165, 1.54) is 18.2 Å². The van der Waals surface area contributed by atoms with E-state index in [0.29, 0.717) is 35.9 Å². The molecule has 6 nitrogen and oxygen atoms in total. The molecule has 0 atom stereocenters. The molecule has 1 amide bonds. The minimum atomic E-state index is -0.672. The van der Waals surface area contributed by atoms with Crippen LogP contribution in [-0.2, 0) is 6.61 Å². The molecule has 0 aliphatic rings. The summed E-state index contributed by atoms with van der Waals surface area (Å²) in [6, 6.07) is 5.41. The molecule has 0 aliphatic carbocycles. The molecule has 2 heterocycles. The molecule has 0 saturated heterocycles. The van der Waals surface area contributed by atoms with E-state index in [-0.39, 0.29) is 18.1 Å². The number of carbonyl (C=O) groups is 1. The van der Waals surface area contributed by atoms with Crippen LogP contribution >= 0.6 is 0 Å². The Labute approximate surface area is 180 Å². The highest BCUT2D eigenvalue weighted by Gasteiger charge is 2.20. The Balaban J connectivity index is 1.78. The maximum atomic E-state index is 13.9. The summed E-state index contributed by atoms with van der Waals surface area (Å²) in [6.07, 6.45) is 5.71. The number of hydrogen-bond acceptors (Lipinski definition) is 4. The van der Waals surface area contributed by atoms with Crippen molar-refractivity contribution in [1.82, 2.24) is 14.7 Å². The van der Waals surface area contributed by atoms with E-state index in [0.717, 1.165) is 31.2 Å². The monoisotopic (exact) mass is 430 g/mol. The third kappa shape index (κ3) is 5.38. The molecule has 3 aromatic rings. The first-order valence-electron chi connectivity index (χ1n) is 10.5. The minimum Gasteiger partial charge on any atom is -0.485 e. The summed E-state index contributed by atoms with van der Waals surface area (Å²) in [5.74, 6) is -1.21. The zero-order valence-electron chi connectivity index (χ0n) is 17.9. The van der Waals surface area contributed by atoms with Crippen LogP contribution in [0.3, 0.4) is 0 Å². The maximum Gasteiger partial charge on any atom is 0.270 e. The molecule has 0 bridgehead atoms. The molecule has 8 heteroatoms. The van der Waals surface area contributed by atoms with Gasteiger partial charge in [-0.25, -0.2) is 13.8 Å². The lowest BCUT2D eigenvalue weighted by atomic mass is 10.2. The number of carbonyl (C=O) groups excluding carboxylic acids is 1. The zero-order valence-corrected chi connectivity index (χ0v) is 17.9. The summed E-state index contributed by atoms with van der Waals surface area (Å²) >= 11 is 0. The second-order valence-corrected chi connectivity index (χ2v) is 7.57. The number of aryl methyl sites for hydroxylation is 2. The number of nitrogens with zero attached hydrogens (tertiary/aromatic N) is 2. The second-order valence-electron chi connectivity index (χ2n) is 7.57. The highest BCUT2D eigenvalue weighted by atomic mass is 19.1. The smallest absolute Gasteiger partial charge is 0.270 e. The molecule has 0 saturated carbocycles. The van der Waals surface area contributed by atoms with Gasteiger partial charge in [-0.3, -0.25) is 9.20 Å². The van der Waals surface area contributed by atoms with Crippen molar-refractivity contribution >= 4 is 11.6 Å². The zero-order chi connectivity index (χ0) is 22.4. The van der Waals surface area contributed by atoms with E-state index in [1.54, 1.807) is 23.6 Å². The van der Waals surface area contributed by atoms with Gasteiger partial charge in [-0.15, -0.1) is 0 Å². The largest absolute Gasteiger partial charge is 0.485 e. The number of halogens is 2. The summed E-state index contributed by atoms with van der Waals surface area (Å²) in [4.78, 5) is 17.3. The topological polar surface area (TPSA) is 81.6 Å². The third-order valence-corrected chi connectivity index (χ3v) is 5.06. The molecule has 31 heavy (non-hydrogen) atoms. The van der Waals surface area contributed by atoms with E-state index in [4.69, 9.17) is 10.5 Å². The first-order valence-corrected chi connectivity index (χ1v) is 10.5. The first-order chi connectivity index (χ1) is 14.9. The van der Waals surface area contributed by atoms with E-state index in [2.05, 4.69) is 10.3 Å². The highest BCUT2D eigenvalue weighted by Crippen LogP contribution is 2.26. The predicted octanol–water partition coefficient (Wildman–Crippen LogP) is 4.06. The van der Waals surface area contributed by atoms with Gasteiger partial charge in [0.2, 0.25) is 0 Å². The number of hydrogen-bond donors (Lipinski definition) is 2. The van der Waals surface area contributed by atoms with Crippen LogP contribution in [0.25, 0.3) is 5.65 Å². The van der Waals surface area contributed by atoms with E-state index in [9.17, 15) is 13.6 Å². The van der Waals surface area contributed by atoms with Crippen LogP contribution in [0.4, 0.5) is 8.78 Å². The molecule has 0 unspecified atom stereocenters. The third-order valence-electron chi connectivity index (χ3n) is 5.06. The van der Waals surface area contributed by atoms with E-state index in [1.807, 2.05) is 6.92 Å². The molecule has 166 valence electrons.